The van der Waals surface area contributed by atoms with Crippen LogP contribution in [-0.2, 0) is 6.54 Å². The number of benzene rings is 1. The summed E-state index contributed by atoms with van der Waals surface area (Å²) in [6.07, 6.45) is 4.82. The van der Waals surface area contributed by atoms with Gasteiger partial charge in [-0.3, -0.25) is 9.98 Å². The van der Waals surface area contributed by atoms with Gasteiger partial charge in [-0.15, -0.1) is 0 Å². The lowest BCUT2D eigenvalue weighted by molar-refractivity contribution is 0.414. The SMILES string of the molecule is COc1ccc(CN=Cc2cncc(Br)c2N=[N+]=[N-])cc1. The smallest absolute Gasteiger partial charge is 0.118 e. The van der Waals surface area contributed by atoms with Gasteiger partial charge in [-0.1, -0.05) is 17.2 Å². The Labute approximate surface area is 130 Å². The first-order valence-corrected chi connectivity index (χ1v) is 6.85. The van der Waals surface area contributed by atoms with Gasteiger partial charge in [-0.2, -0.15) is 0 Å². The molecule has 0 amide bonds. The summed E-state index contributed by atoms with van der Waals surface area (Å²) in [6.45, 7) is 0.520. The molecule has 0 aliphatic carbocycles. The van der Waals surface area contributed by atoms with E-state index in [9.17, 15) is 0 Å². The van der Waals surface area contributed by atoms with Crippen LogP contribution in [0, 0.1) is 0 Å². The van der Waals surface area contributed by atoms with Crippen LogP contribution in [0.15, 0.2) is 51.2 Å². The average molecular weight is 346 g/mol. The Kier molecular flexibility index (Phi) is 5.31. The van der Waals surface area contributed by atoms with Crippen molar-refractivity contribution in [2.45, 2.75) is 6.54 Å². The number of halogens is 1. The Bertz CT molecular complexity index is 693. The Morgan fingerprint density at radius 1 is 1.33 bits per heavy atom. The highest BCUT2D eigenvalue weighted by molar-refractivity contribution is 9.10. The van der Waals surface area contributed by atoms with Crippen molar-refractivity contribution in [3.05, 3.63) is 62.7 Å². The largest absolute Gasteiger partial charge is 0.497 e. The van der Waals surface area contributed by atoms with Gasteiger partial charge in [0.25, 0.3) is 0 Å². The highest BCUT2D eigenvalue weighted by Gasteiger charge is 2.03. The van der Waals surface area contributed by atoms with Crippen molar-refractivity contribution < 1.29 is 4.74 Å². The van der Waals surface area contributed by atoms with E-state index < -0.39 is 0 Å². The molecule has 0 saturated heterocycles. The minimum absolute atomic E-state index is 0.478. The van der Waals surface area contributed by atoms with E-state index >= 15 is 0 Å². The fourth-order valence-electron chi connectivity index (χ4n) is 1.67. The summed E-state index contributed by atoms with van der Waals surface area (Å²) in [5.41, 5.74) is 10.8. The number of methoxy groups -OCH3 is 1. The van der Waals surface area contributed by atoms with Crippen LogP contribution in [0.3, 0.4) is 0 Å². The number of aromatic nitrogens is 1. The van der Waals surface area contributed by atoms with Crippen LogP contribution in [0.5, 0.6) is 5.75 Å². The number of hydrogen-bond acceptors (Lipinski definition) is 4. The molecule has 2 aromatic rings. The number of ether oxygens (including phenoxy) is 1. The predicted octanol–water partition coefficient (Wildman–Crippen LogP) is 4.41. The van der Waals surface area contributed by atoms with Crippen molar-refractivity contribution in [2.24, 2.45) is 10.1 Å². The Morgan fingerprint density at radius 3 is 2.76 bits per heavy atom. The lowest BCUT2D eigenvalue weighted by atomic mass is 10.2. The van der Waals surface area contributed by atoms with Crippen molar-refractivity contribution in [1.29, 1.82) is 0 Å². The maximum absolute atomic E-state index is 8.58. The van der Waals surface area contributed by atoms with E-state index in [0.717, 1.165) is 11.3 Å². The van der Waals surface area contributed by atoms with Gasteiger partial charge in [0.15, 0.2) is 0 Å². The molecule has 6 nitrogen and oxygen atoms in total. The highest BCUT2D eigenvalue weighted by Crippen LogP contribution is 2.27. The van der Waals surface area contributed by atoms with E-state index in [1.807, 2.05) is 24.3 Å². The zero-order valence-corrected chi connectivity index (χ0v) is 12.9. The quantitative estimate of drug-likeness (QED) is 0.348. The molecule has 0 bridgehead atoms. The molecule has 0 unspecified atom stereocenters. The summed E-state index contributed by atoms with van der Waals surface area (Å²) in [5.74, 6) is 0.810. The molecule has 0 saturated carbocycles. The molecule has 2 rings (SSSR count). The van der Waals surface area contributed by atoms with Crippen LogP contribution in [0.1, 0.15) is 11.1 Å². The molecule has 21 heavy (non-hydrogen) atoms. The van der Waals surface area contributed by atoms with Crippen molar-refractivity contribution >= 4 is 27.8 Å². The van der Waals surface area contributed by atoms with Crippen LogP contribution >= 0.6 is 15.9 Å². The van der Waals surface area contributed by atoms with Crippen molar-refractivity contribution in [3.8, 4) is 5.75 Å². The van der Waals surface area contributed by atoms with Gasteiger partial charge in [0.1, 0.15) is 5.75 Å². The van der Waals surface area contributed by atoms with Crippen LogP contribution in [0.25, 0.3) is 10.4 Å². The molecular formula is C14H12BrN5O. The minimum Gasteiger partial charge on any atom is -0.497 e. The zero-order chi connectivity index (χ0) is 15.1. The molecule has 0 fully saturated rings. The first-order chi connectivity index (χ1) is 10.2. The predicted molar refractivity (Wildman–Crippen MR) is 85.0 cm³/mol. The summed E-state index contributed by atoms with van der Waals surface area (Å²) in [6, 6.07) is 7.67. The number of hydrogen-bond donors (Lipinski definition) is 0. The first kappa shape index (κ1) is 15.0. The van der Waals surface area contributed by atoms with Crippen molar-refractivity contribution in [3.63, 3.8) is 0 Å². The van der Waals surface area contributed by atoms with Crippen molar-refractivity contribution in [2.75, 3.05) is 7.11 Å². The summed E-state index contributed by atoms with van der Waals surface area (Å²) >= 11 is 3.30. The van der Waals surface area contributed by atoms with Gasteiger partial charge in [0.2, 0.25) is 0 Å². The monoisotopic (exact) mass is 345 g/mol. The number of pyridine rings is 1. The second-order valence-corrected chi connectivity index (χ2v) is 4.92. The van der Waals surface area contributed by atoms with Crippen molar-refractivity contribution in [1.82, 2.24) is 4.98 Å². The number of azide groups is 1. The number of aliphatic imine (C=N–C) groups is 1. The van der Waals surface area contributed by atoms with Gasteiger partial charge in [-0.25, -0.2) is 0 Å². The van der Waals surface area contributed by atoms with E-state index in [1.54, 1.807) is 25.7 Å². The molecule has 1 aromatic carbocycles. The Hall–Kier alpha value is -2.37. The standard InChI is InChI=1S/C14H12BrN5O/c1-21-12-4-2-10(3-5-12)6-17-7-11-8-18-9-13(15)14(11)19-20-16/h2-5,7-9H,6H2,1H3. The van der Waals surface area contributed by atoms with Gasteiger partial charge < -0.3 is 4.74 Å². The fraction of sp³-hybridized carbons (Fsp3) is 0.143. The van der Waals surface area contributed by atoms with E-state index in [1.165, 1.54) is 0 Å². The van der Waals surface area contributed by atoms with E-state index in [2.05, 4.69) is 35.9 Å². The molecule has 0 radical (unpaired) electrons. The van der Waals surface area contributed by atoms with E-state index in [0.29, 0.717) is 22.3 Å². The van der Waals surface area contributed by atoms with E-state index in [-0.39, 0.29) is 0 Å². The van der Waals surface area contributed by atoms with Crippen LogP contribution in [-0.4, -0.2) is 18.3 Å². The average Bonchev–Trinajstić information content (AvgIpc) is 2.51. The topological polar surface area (TPSA) is 83.2 Å². The van der Waals surface area contributed by atoms with Crippen LogP contribution < -0.4 is 4.74 Å². The Morgan fingerprint density at radius 2 is 2.10 bits per heavy atom. The van der Waals surface area contributed by atoms with Gasteiger partial charge >= 0.3 is 0 Å². The molecule has 0 spiro atoms. The molecule has 0 atom stereocenters. The molecule has 1 aromatic heterocycles. The van der Waals surface area contributed by atoms with Crippen LogP contribution in [0.2, 0.25) is 0 Å². The summed E-state index contributed by atoms with van der Waals surface area (Å²) in [7, 11) is 1.63. The summed E-state index contributed by atoms with van der Waals surface area (Å²) < 4.78 is 5.73. The third-order valence-corrected chi connectivity index (χ3v) is 3.29. The first-order valence-electron chi connectivity index (χ1n) is 6.06. The molecule has 0 aliphatic heterocycles. The summed E-state index contributed by atoms with van der Waals surface area (Å²) in [4.78, 5) is 11.2. The highest BCUT2D eigenvalue weighted by atomic mass is 79.9. The zero-order valence-electron chi connectivity index (χ0n) is 11.3. The maximum atomic E-state index is 8.58. The van der Waals surface area contributed by atoms with Gasteiger partial charge in [0.05, 0.1) is 19.3 Å². The van der Waals surface area contributed by atoms with Gasteiger partial charge in [-0.05, 0) is 39.2 Å². The van der Waals surface area contributed by atoms with E-state index in [4.69, 9.17) is 10.3 Å². The van der Waals surface area contributed by atoms with Crippen LogP contribution in [0.4, 0.5) is 5.69 Å². The lowest BCUT2D eigenvalue weighted by Crippen LogP contribution is -1.88. The summed E-state index contributed by atoms with van der Waals surface area (Å²) in [5, 5.41) is 3.64. The number of rotatable bonds is 5. The fourth-order valence-corrected chi connectivity index (χ4v) is 2.09. The maximum Gasteiger partial charge on any atom is 0.118 e. The number of nitrogens with zero attached hydrogens (tertiary/aromatic N) is 5. The normalized spacial score (nSPS) is 10.4. The molecule has 1 heterocycles. The lowest BCUT2D eigenvalue weighted by Gasteiger charge is -2.02. The van der Waals surface area contributed by atoms with Gasteiger partial charge in [0, 0.05) is 33.6 Å². The molecule has 0 aliphatic rings. The second kappa shape index (κ2) is 7.42. The third kappa shape index (κ3) is 4.05. The molecular weight excluding hydrogens is 334 g/mol. The minimum atomic E-state index is 0.478. The second-order valence-electron chi connectivity index (χ2n) is 4.07. The third-order valence-electron chi connectivity index (χ3n) is 2.71. The Balaban J connectivity index is 2.14. The molecule has 7 heteroatoms. The molecule has 0 N–H and O–H groups in total. The molecule has 106 valence electrons.